The van der Waals surface area contributed by atoms with Crippen LogP contribution in [0.3, 0.4) is 0 Å². The minimum Gasteiger partial charge on any atom is -0.395 e. The Morgan fingerprint density at radius 2 is 2.00 bits per heavy atom. The minimum absolute atomic E-state index is 0.0938. The van der Waals surface area contributed by atoms with Crippen LogP contribution in [0.1, 0.15) is 0 Å². The van der Waals surface area contributed by atoms with Crippen LogP contribution in [0.2, 0.25) is 0 Å². The van der Waals surface area contributed by atoms with Gasteiger partial charge in [-0.15, -0.1) is 8.78 Å². The molecule has 1 atom stereocenters. The monoisotopic (exact) mass is 405 g/mol. The maximum atomic E-state index is 13.2. The second-order valence-corrected chi connectivity index (χ2v) is 6.85. The SMILES string of the molecule is O=C(Nc1nc2cc3c(cc2[nH]1)OC(F)(F)O3)C1C=C(N2CCOCC2)C=NC1. The van der Waals surface area contributed by atoms with Crippen LogP contribution < -0.4 is 14.8 Å². The number of imidazole rings is 1. The molecule has 2 aromatic rings. The number of alkyl halides is 2. The van der Waals surface area contributed by atoms with Crippen LogP contribution in [-0.2, 0) is 9.53 Å². The third-order valence-electron chi connectivity index (χ3n) is 4.86. The lowest BCUT2D eigenvalue weighted by Crippen LogP contribution is -2.38. The number of nitrogens with zero attached hydrogens (tertiary/aromatic N) is 3. The van der Waals surface area contributed by atoms with Crippen LogP contribution in [-0.4, -0.2) is 66.1 Å². The summed E-state index contributed by atoms with van der Waals surface area (Å²) in [5.41, 5.74) is 1.70. The zero-order valence-corrected chi connectivity index (χ0v) is 15.2. The predicted molar refractivity (Wildman–Crippen MR) is 98.3 cm³/mol. The molecule has 0 radical (unpaired) electrons. The lowest BCUT2D eigenvalue weighted by molar-refractivity contribution is -0.286. The lowest BCUT2D eigenvalue weighted by atomic mass is 10.0. The summed E-state index contributed by atoms with van der Waals surface area (Å²) < 4.78 is 40.5. The Kier molecular flexibility index (Phi) is 4.12. The number of morpholine rings is 1. The van der Waals surface area contributed by atoms with E-state index >= 15 is 0 Å². The number of fused-ring (bicyclic) bond motifs is 2. The lowest BCUT2D eigenvalue weighted by Gasteiger charge is -2.31. The van der Waals surface area contributed by atoms with Gasteiger partial charge < -0.3 is 24.1 Å². The highest BCUT2D eigenvalue weighted by Crippen LogP contribution is 2.42. The summed E-state index contributed by atoms with van der Waals surface area (Å²) in [6, 6.07) is 2.69. The fourth-order valence-electron chi connectivity index (χ4n) is 3.45. The summed E-state index contributed by atoms with van der Waals surface area (Å²) in [6.07, 6.45) is -0.0353. The molecule has 1 aromatic carbocycles. The maximum absolute atomic E-state index is 13.2. The normalized spacial score (nSPS) is 22.6. The van der Waals surface area contributed by atoms with Crippen LogP contribution >= 0.6 is 0 Å². The molecular weight excluding hydrogens is 388 g/mol. The molecule has 0 spiro atoms. The van der Waals surface area contributed by atoms with Crippen LogP contribution in [0.15, 0.2) is 28.9 Å². The van der Waals surface area contributed by atoms with E-state index in [1.165, 1.54) is 12.1 Å². The van der Waals surface area contributed by atoms with E-state index < -0.39 is 12.2 Å². The molecule has 1 saturated heterocycles. The topological polar surface area (TPSA) is 101 Å². The van der Waals surface area contributed by atoms with Crippen LogP contribution in [0, 0.1) is 5.92 Å². The zero-order chi connectivity index (χ0) is 20.0. The second kappa shape index (κ2) is 6.69. The van der Waals surface area contributed by atoms with Crippen molar-refractivity contribution in [2.45, 2.75) is 6.29 Å². The quantitative estimate of drug-likeness (QED) is 0.807. The van der Waals surface area contributed by atoms with Crippen molar-refractivity contribution >= 4 is 29.1 Å². The van der Waals surface area contributed by atoms with Gasteiger partial charge >= 0.3 is 6.29 Å². The first-order chi connectivity index (χ1) is 14.0. The Morgan fingerprint density at radius 3 is 2.79 bits per heavy atom. The average Bonchev–Trinajstić information content (AvgIpc) is 3.23. The Hall–Kier alpha value is -3.21. The smallest absolute Gasteiger partial charge is 0.395 e. The number of carbonyl (C=O) groups excluding carboxylic acids is 1. The molecule has 0 aliphatic carbocycles. The number of halogens is 2. The predicted octanol–water partition coefficient (Wildman–Crippen LogP) is 1.74. The molecule has 29 heavy (non-hydrogen) atoms. The molecule has 0 bridgehead atoms. The van der Waals surface area contributed by atoms with Gasteiger partial charge in [0.1, 0.15) is 0 Å². The Morgan fingerprint density at radius 1 is 1.24 bits per heavy atom. The summed E-state index contributed by atoms with van der Waals surface area (Å²) in [4.78, 5) is 26.2. The first kappa shape index (κ1) is 17.9. The van der Waals surface area contributed by atoms with Gasteiger partial charge in [-0.05, 0) is 6.08 Å². The number of benzene rings is 1. The van der Waals surface area contributed by atoms with E-state index in [1.54, 1.807) is 6.21 Å². The van der Waals surface area contributed by atoms with Crippen molar-refractivity contribution in [3.8, 4) is 11.5 Å². The summed E-state index contributed by atoms with van der Waals surface area (Å²) in [5, 5.41) is 2.72. The average molecular weight is 405 g/mol. The molecule has 4 heterocycles. The zero-order valence-electron chi connectivity index (χ0n) is 15.2. The molecule has 5 rings (SSSR count). The number of rotatable bonds is 3. The molecular formula is C18H17F2N5O4. The maximum Gasteiger partial charge on any atom is 0.586 e. The van der Waals surface area contributed by atoms with E-state index in [0.717, 1.165) is 18.8 Å². The Labute approximate surface area is 163 Å². The van der Waals surface area contributed by atoms with Crippen LogP contribution in [0.4, 0.5) is 14.7 Å². The van der Waals surface area contributed by atoms with Crippen LogP contribution in [0.25, 0.3) is 11.0 Å². The standard InChI is InChI=1S/C18H17F2N5O4/c19-18(20)28-14-6-12-13(7-15(14)29-18)23-17(22-12)24-16(26)10-5-11(9-21-8-10)25-1-3-27-4-2-25/h5-7,9-10H,1-4,8H2,(H2,22,23,24,26). The number of aromatic amines is 1. The van der Waals surface area contributed by atoms with Gasteiger partial charge in [-0.25, -0.2) is 4.98 Å². The molecule has 3 aliphatic heterocycles. The number of H-pyrrole nitrogens is 1. The summed E-state index contributed by atoms with van der Waals surface area (Å²) in [7, 11) is 0. The second-order valence-electron chi connectivity index (χ2n) is 6.85. The van der Waals surface area contributed by atoms with E-state index in [4.69, 9.17) is 4.74 Å². The number of ether oxygens (including phenoxy) is 3. The van der Waals surface area contributed by atoms with Crippen molar-refractivity contribution in [1.29, 1.82) is 0 Å². The van der Waals surface area contributed by atoms with Crippen molar-refractivity contribution in [3.05, 3.63) is 23.9 Å². The number of carbonyl (C=O) groups is 1. The third kappa shape index (κ3) is 3.48. The van der Waals surface area contributed by atoms with Gasteiger partial charge in [0.25, 0.3) is 0 Å². The van der Waals surface area contributed by atoms with Gasteiger partial charge in [0.05, 0.1) is 42.4 Å². The first-order valence-corrected chi connectivity index (χ1v) is 9.12. The van der Waals surface area contributed by atoms with Crippen molar-refractivity contribution in [1.82, 2.24) is 14.9 Å². The number of dihydropyridines is 1. The number of nitrogens with one attached hydrogen (secondary N) is 2. The van der Waals surface area contributed by atoms with Gasteiger partial charge in [-0.3, -0.25) is 15.1 Å². The minimum atomic E-state index is -3.69. The number of hydrogen-bond donors (Lipinski definition) is 2. The highest BCUT2D eigenvalue weighted by Gasteiger charge is 2.43. The molecule has 3 aliphatic rings. The molecule has 2 N–H and O–H groups in total. The molecule has 152 valence electrons. The summed E-state index contributed by atoms with van der Waals surface area (Å²) in [6.45, 7) is 3.13. The molecule has 1 amide bonds. The van der Waals surface area contributed by atoms with Crippen molar-refractivity contribution < 1.29 is 27.8 Å². The number of amides is 1. The third-order valence-corrected chi connectivity index (χ3v) is 4.86. The van der Waals surface area contributed by atoms with E-state index in [9.17, 15) is 13.6 Å². The van der Waals surface area contributed by atoms with Crippen molar-refractivity contribution in [3.63, 3.8) is 0 Å². The van der Waals surface area contributed by atoms with Gasteiger partial charge in [0.15, 0.2) is 11.5 Å². The molecule has 9 nitrogen and oxygen atoms in total. The number of hydrogen-bond acceptors (Lipinski definition) is 7. The van der Waals surface area contributed by atoms with E-state index in [0.29, 0.717) is 30.8 Å². The Balaban J connectivity index is 1.31. The number of anilines is 1. The van der Waals surface area contributed by atoms with Gasteiger partial charge in [0, 0.05) is 31.4 Å². The first-order valence-electron chi connectivity index (χ1n) is 9.12. The van der Waals surface area contributed by atoms with E-state index in [2.05, 4.69) is 34.7 Å². The summed E-state index contributed by atoms with van der Waals surface area (Å²) >= 11 is 0. The highest BCUT2D eigenvalue weighted by atomic mass is 19.3. The molecule has 0 saturated carbocycles. The largest absolute Gasteiger partial charge is 0.586 e. The molecule has 1 fully saturated rings. The Bertz CT molecular complexity index is 984. The number of allylic oxidation sites excluding steroid dienone is 1. The molecule has 1 unspecified atom stereocenters. The fraction of sp³-hybridized carbons (Fsp3) is 0.389. The van der Waals surface area contributed by atoms with E-state index in [-0.39, 0.29) is 23.4 Å². The molecule has 11 heteroatoms. The van der Waals surface area contributed by atoms with Crippen LogP contribution in [0.5, 0.6) is 11.5 Å². The van der Waals surface area contributed by atoms with Crippen molar-refractivity contribution in [2.24, 2.45) is 10.9 Å². The summed E-state index contributed by atoms with van der Waals surface area (Å²) in [5.74, 6) is -0.703. The van der Waals surface area contributed by atoms with Gasteiger partial charge in [0.2, 0.25) is 11.9 Å². The fourth-order valence-corrected chi connectivity index (χ4v) is 3.45. The van der Waals surface area contributed by atoms with Gasteiger partial charge in [-0.2, -0.15) is 0 Å². The van der Waals surface area contributed by atoms with Crippen molar-refractivity contribution in [2.75, 3.05) is 38.2 Å². The highest BCUT2D eigenvalue weighted by molar-refractivity contribution is 5.96. The number of aromatic nitrogens is 2. The number of aliphatic imine (C=N–C) groups is 1. The van der Waals surface area contributed by atoms with E-state index in [1.807, 2.05) is 6.08 Å². The van der Waals surface area contributed by atoms with Gasteiger partial charge in [-0.1, -0.05) is 0 Å². The molecule has 1 aromatic heterocycles.